The molecule has 3 atom stereocenters. The third-order valence-electron chi connectivity index (χ3n) is 3.91. The molecule has 9 heteroatoms. The van der Waals surface area contributed by atoms with Crippen molar-refractivity contribution < 1.29 is 24.4 Å². The van der Waals surface area contributed by atoms with Gasteiger partial charge in [-0.05, 0) is 0 Å². The van der Waals surface area contributed by atoms with E-state index in [0.717, 1.165) is 0 Å². The Labute approximate surface area is 113 Å². The van der Waals surface area contributed by atoms with Crippen molar-refractivity contribution in [1.82, 2.24) is 9.55 Å². The first-order valence-corrected chi connectivity index (χ1v) is 5.91. The van der Waals surface area contributed by atoms with Crippen molar-refractivity contribution in [2.45, 2.75) is 18.8 Å². The molecular weight excluding hydrogens is 273 g/mol. The molecule has 1 aromatic heterocycles. The summed E-state index contributed by atoms with van der Waals surface area (Å²) in [5.41, 5.74) is 0.750. The molecule has 112 valence electrons. The highest BCUT2D eigenvalue weighted by Gasteiger charge is 2.59. The van der Waals surface area contributed by atoms with Gasteiger partial charge in [0, 0.05) is 0 Å². The normalized spacial score (nSPS) is 33.5. The fourth-order valence-electron chi connectivity index (χ4n) is 2.36. The summed E-state index contributed by atoms with van der Waals surface area (Å²) in [5.74, 6) is -1.57. The molecular formula is C11H16FN3O5. The molecule has 0 spiro atoms. The van der Waals surface area contributed by atoms with Gasteiger partial charge < -0.3 is 25.8 Å². The molecule has 1 aromatic rings. The SMILES string of the molecule is CC1(CO)[C@@H](CO)OC[C@@]1(O)n1cc(F)c(N)nc1=O. The van der Waals surface area contributed by atoms with E-state index in [-0.39, 0.29) is 0 Å². The van der Waals surface area contributed by atoms with Gasteiger partial charge in [-0.2, -0.15) is 4.98 Å². The highest BCUT2D eigenvalue weighted by molar-refractivity contribution is 5.27. The van der Waals surface area contributed by atoms with Crippen LogP contribution in [0, 0.1) is 11.2 Å². The Bertz CT molecular complexity index is 580. The molecule has 0 aliphatic carbocycles. The number of aliphatic hydroxyl groups is 3. The Hall–Kier alpha value is -1.55. The lowest BCUT2D eigenvalue weighted by Gasteiger charge is -2.39. The summed E-state index contributed by atoms with van der Waals surface area (Å²) < 4.78 is 19.3. The van der Waals surface area contributed by atoms with Crippen LogP contribution in [0.5, 0.6) is 0 Å². The van der Waals surface area contributed by atoms with Gasteiger partial charge in [-0.3, -0.25) is 4.57 Å². The third-order valence-corrected chi connectivity index (χ3v) is 3.91. The van der Waals surface area contributed by atoms with E-state index in [1.54, 1.807) is 0 Å². The molecule has 8 nitrogen and oxygen atoms in total. The zero-order valence-electron chi connectivity index (χ0n) is 10.8. The van der Waals surface area contributed by atoms with Gasteiger partial charge in [0.1, 0.15) is 0 Å². The van der Waals surface area contributed by atoms with Gasteiger partial charge in [0.2, 0.25) is 0 Å². The van der Waals surface area contributed by atoms with E-state index in [9.17, 15) is 24.5 Å². The number of anilines is 1. The zero-order valence-corrected chi connectivity index (χ0v) is 10.8. The number of nitrogens with two attached hydrogens (primary N) is 1. The maximum atomic E-state index is 13.5. The number of aromatic nitrogens is 2. The van der Waals surface area contributed by atoms with Gasteiger partial charge in [-0.25, -0.2) is 9.18 Å². The number of aliphatic hydroxyl groups excluding tert-OH is 2. The number of ether oxygens (including phenoxy) is 1. The van der Waals surface area contributed by atoms with Gasteiger partial charge in [-0.1, -0.05) is 6.92 Å². The average molecular weight is 289 g/mol. The van der Waals surface area contributed by atoms with E-state index in [4.69, 9.17) is 10.5 Å². The summed E-state index contributed by atoms with van der Waals surface area (Å²) in [7, 11) is 0. The average Bonchev–Trinajstić information content (AvgIpc) is 2.67. The van der Waals surface area contributed by atoms with E-state index in [2.05, 4.69) is 4.98 Å². The molecule has 1 saturated heterocycles. The van der Waals surface area contributed by atoms with Crippen LogP contribution >= 0.6 is 0 Å². The summed E-state index contributed by atoms with van der Waals surface area (Å²) in [5, 5.41) is 29.5. The second-order valence-corrected chi connectivity index (χ2v) is 5.00. The topological polar surface area (TPSA) is 131 Å². The second-order valence-electron chi connectivity index (χ2n) is 5.00. The minimum atomic E-state index is -2.05. The predicted molar refractivity (Wildman–Crippen MR) is 65.1 cm³/mol. The Balaban J connectivity index is 2.61. The molecule has 1 unspecified atom stereocenters. The first-order valence-electron chi connectivity index (χ1n) is 5.91. The van der Waals surface area contributed by atoms with Crippen molar-refractivity contribution in [2.75, 3.05) is 25.6 Å². The summed E-state index contributed by atoms with van der Waals surface area (Å²) >= 11 is 0. The lowest BCUT2D eigenvalue weighted by atomic mass is 9.77. The van der Waals surface area contributed by atoms with Gasteiger partial charge in [0.25, 0.3) is 0 Å². The molecule has 1 fully saturated rings. The van der Waals surface area contributed by atoms with Crippen LogP contribution in [-0.2, 0) is 10.5 Å². The van der Waals surface area contributed by atoms with Crippen molar-refractivity contribution in [3.63, 3.8) is 0 Å². The Morgan fingerprint density at radius 1 is 1.65 bits per heavy atom. The van der Waals surface area contributed by atoms with Gasteiger partial charge in [0.15, 0.2) is 17.4 Å². The van der Waals surface area contributed by atoms with Gasteiger partial charge in [0.05, 0.1) is 37.5 Å². The lowest BCUT2D eigenvalue weighted by molar-refractivity contribution is -0.141. The van der Waals surface area contributed by atoms with E-state index in [1.165, 1.54) is 6.92 Å². The highest BCUT2D eigenvalue weighted by atomic mass is 19.1. The van der Waals surface area contributed by atoms with Crippen LogP contribution in [0.4, 0.5) is 10.2 Å². The molecule has 0 radical (unpaired) electrons. The molecule has 2 rings (SSSR count). The van der Waals surface area contributed by atoms with Crippen molar-refractivity contribution in [2.24, 2.45) is 5.41 Å². The first kappa shape index (κ1) is 14.9. The van der Waals surface area contributed by atoms with Crippen molar-refractivity contribution >= 4 is 5.82 Å². The third kappa shape index (κ3) is 1.82. The summed E-state index contributed by atoms with van der Waals surface area (Å²) in [6, 6.07) is 0. The summed E-state index contributed by atoms with van der Waals surface area (Å²) in [4.78, 5) is 15.1. The number of nitrogen functional groups attached to an aromatic ring is 1. The van der Waals surface area contributed by atoms with E-state index < -0.39 is 54.4 Å². The Morgan fingerprint density at radius 2 is 2.30 bits per heavy atom. The molecule has 0 saturated carbocycles. The number of hydrogen-bond donors (Lipinski definition) is 4. The van der Waals surface area contributed by atoms with Crippen LogP contribution < -0.4 is 11.4 Å². The number of nitrogens with zero attached hydrogens (tertiary/aromatic N) is 2. The van der Waals surface area contributed by atoms with Gasteiger partial charge in [-0.15, -0.1) is 0 Å². The standard InChI is InChI=1S/C11H16FN3O5/c1-10(4-17)7(3-16)20-5-11(10,19)15-2-6(12)8(13)14-9(15)18/h2,7,16-17,19H,3-5H2,1H3,(H2,13,14,18)/t7-,10?,11+/m1/s1. The van der Waals surface area contributed by atoms with Crippen molar-refractivity contribution in [3.8, 4) is 0 Å². The monoisotopic (exact) mass is 289 g/mol. The maximum absolute atomic E-state index is 13.5. The smallest absolute Gasteiger partial charge is 0.352 e. The molecule has 2 heterocycles. The minimum absolute atomic E-state index is 0.403. The number of hydrogen-bond acceptors (Lipinski definition) is 7. The Kier molecular flexibility index (Phi) is 3.54. The van der Waals surface area contributed by atoms with E-state index in [1.807, 2.05) is 0 Å². The molecule has 0 bridgehead atoms. The Morgan fingerprint density at radius 3 is 2.85 bits per heavy atom. The predicted octanol–water partition coefficient (Wildman–Crippen LogP) is -2.00. The molecule has 5 N–H and O–H groups in total. The van der Waals surface area contributed by atoms with Crippen LogP contribution in [0.3, 0.4) is 0 Å². The van der Waals surface area contributed by atoms with Crippen LogP contribution in [0.1, 0.15) is 6.92 Å². The number of halogens is 1. The molecule has 20 heavy (non-hydrogen) atoms. The van der Waals surface area contributed by atoms with Crippen molar-refractivity contribution in [3.05, 3.63) is 22.5 Å². The minimum Gasteiger partial charge on any atom is -0.396 e. The summed E-state index contributed by atoms with van der Waals surface area (Å²) in [6.07, 6.45) is -0.202. The van der Waals surface area contributed by atoms with Crippen LogP contribution in [0.15, 0.2) is 11.0 Å². The van der Waals surface area contributed by atoms with Crippen LogP contribution in [0.25, 0.3) is 0 Å². The first-order chi connectivity index (χ1) is 9.30. The maximum Gasteiger partial charge on any atom is 0.352 e. The van der Waals surface area contributed by atoms with E-state index >= 15 is 0 Å². The second kappa shape index (κ2) is 4.77. The molecule has 1 aliphatic rings. The molecule has 1 aliphatic heterocycles. The molecule has 0 aromatic carbocycles. The number of rotatable bonds is 3. The lowest BCUT2D eigenvalue weighted by Crippen LogP contribution is -2.56. The molecule has 0 amide bonds. The largest absolute Gasteiger partial charge is 0.396 e. The fraction of sp³-hybridized carbons (Fsp3) is 0.636. The zero-order chi connectivity index (χ0) is 15.1. The summed E-state index contributed by atoms with van der Waals surface area (Å²) in [6.45, 7) is -0.0476. The van der Waals surface area contributed by atoms with Gasteiger partial charge >= 0.3 is 5.69 Å². The fourth-order valence-corrected chi connectivity index (χ4v) is 2.36. The van der Waals surface area contributed by atoms with Crippen molar-refractivity contribution in [1.29, 1.82) is 0 Å². The highest BCUT2D eigenvalue weighted by Crippen LogP contribution is 2.45. The van der Waals surface area contributed by atoms with Crippen LogP contribution in [-0.4, -0.2) is 50.8 Å². The van der Waals surface area contributed by atoms with Crippen LogP contribution in [0.2, 0.25) is 0 Å². The quantitative estimate of drug-likeness (QED) is 0.506. The van der Waals surface area contributed by atoms with E-state index in [0.29, 0.717) is 10.8 Å².